The Bertz CT molecular complexity index is 827. The number of amides is 2. The Kier molecular flexibility index (Phi) is 7.36. The zero-order chi connectivity index (χ0) is 22.5. The molecule has 2 amide bonds. The third-order valence-electron chi connectivity index (χ3n) is 4.50. The van der Waals surface area contributed by atoms with Crippen LogP contribution in [0.15, 0.2) is 18.2 Å². The zero-order valence-electron chi connectivity index (χ0n) is 17.8. The first-order chi connectivity index (χ1) is 14.0. The largest absolute Gasteiger partial charge is 0.452 e. The maximum atomic E-state index is 12.3. The van der Waals surface area contributed by atoms with Gasteiger partial charge in [-0.05, 0) is 45.7 Å². The summed E-state index contributed by atoms with van der Waals surface area (Å²) in [5.41, 5.74) is -0.141. The van der Waals surface area contributed by atoms with Crippen molar-refractivity contribution in [3.05, 3.63) is 33.9 Å². The number of nitrogens with zero attached hydrogens (tertiary/aromatic N) is 3. The summed E-state index contributed by atoms with van der Waals surface area (Å²) in [6.45, 7) is 6.18. The maximum absolute atomic E-state index is 12.3. The van der Waals surface area contributed by atoms with Gasteiger partial charge in [-0.2, -0.15) is 0 Å². The quantitative estimate of drug-likeness (QED) is 0.405. The average Bonchev–Trinajstić information content (AvgIpc) is 3.18. The van der Waals surface area contributed by atoms with E-state index < -0.39 is 28.9 Å². The molecule has 0 bridgehead atoms. The summed E-state index contributed by atoms with van der Waals surface area (Å²) < 4.78 is 5.00. The molecule has 0 spiro atoms. The van der Waals surface area contributed by atoms with Crippen LogP contribution >= 0.6 is 0 Å². The van der Waals surface area contributed by atoms with E-state index >= 15 is 0 Å². The lowest BCUT2D eigenvalue weighted by molar-refractivity contribution is -0.384. The van der Waals surface area contributed by atoms with Gasteiger partial charge >= 0.3 is 5.97 Å². The smallest absolute Gasteiger partial charge is 0.338 e. The topological polar surface area (TPSA) is 122 Å². The van der Waals surface area contributed by atoms with Crippen molar-refractivity contribution in [3.63, 3.8) is 0 Å². The number of ether oxygens (including phenoxy) is 1. The number of likely N-dealkylation sites (N-methyl/N-ethyl adjacent to an activating group) is 1. The first kappa shape index (κ1) is 23.1. The van der Waals surface area contributed by atoms with Crippen LogP contribution in [0.1, 0.15) is 44.0 Å². The Hall–Kier alpha value is -3.17. The number of hydrogen-bond acceptors (Lipinski definition) is 7. The molecule has 1 aromatic rings. The highest BCUT2D eigenvalue weighted by atomic mass is 16.6. The van der Waals surface area contributed by atoms with Gasteiger partial charge < -0.3 is 19.9 Å². The summed E-state index contributed by atoms with van der Waals surface area (Å²) in [4.78, 5) is 50.3. The normalized spacial score (nSPS) is 13.7. The summed E-state index contributed by atoms with van der Waals surface area (Å²) >= 11 is 0. The number of esters is 1. The molecular weight excluding hydrogens is 392 g/mol. The fourth-order valence-corrected chi connectivity index (χ4v) is 3.10. The second-order valence-corrected chi connectivity index (χ2v) is 8.28. The number of nitrogens with one attached hydrogen (secondary N) is 1. The Labute approximate surface area is 175 Å². The van der Waals surface area contributed by atoms with Crippen LogP contribution < -0.4 is 10.2 Å². The SMILES string of the molecule is CN(CC(=O)NC(C)(C)C)C(=O)COC(=O)c1ccc(N2CCCC2)c([N+](=O)[O-])c1. The summed E-state index contributed by atoms with van der Waals surface area (Å²) in [5, 5.41) is 14.2. The molecule has 1 fully saturated rings. The van der Waals surface area contributed by atoms with Gasteiger partial charge in [-0.3, -0.25) is 19.7 Å². The number of anilines is 1. The van der Waals surface area contributed by atoms with Crippen LogP contribution in [0, 0.1) is 10.1 Å². The van der Waals surface area contributed by atoms with Crippen molar-refractivity contribution in [1.29, 1.82) is 0 Å². The van der Waals surface area contributed by atoms with E-state index in [2.05, 4.69) is 5.32 Å². The van der Waals surface area contributed by atoms with Crippen molar-refractivity contribution in [2.24, 2.45) is 0 Å². The predicted molar refractivity (Wildman–Crippen MR) is 110 cm³/mol. The maximum Gasteiger partial charge on any atom is 0.338 e. The van der Waals surface area contributed by atoms with Gasteiger partial charge in [-0.15, -0.1) is 0 Å². The number of hydrogen-bond donors (Lipinski definition) is 1. The fraction of sp³-hybridized carbons (Fsp3) is 0.550. The number of benzene rings is 1. The number of nitro benzene ring substituents is 1. The highest BCUT2D eigenvalue weighted by Crippen LogP contribution is 2.31. The Morgan fingerprint density at radius 1 is 1.23 bits per heavy atom. The molecule has 0 aromatic heterocycles. The van der Waals surface area contributed by atoms with Gasteiger partial charge in [0.2, 0.25) is 5.91 Å². The number of carbonyl (C=O) groups is 3. The molecule has 0 aliphatic carbocycles. The number of rotatable bonds is 7. The number of carbonyl (C=O) groups excluding carboxylic acids is 3. The molecule has 1 heterocycles. The van der Waals surface area contributed by atoms with Crippen LogP contribution in [0.3, 0.4) is 0 Å². The van der Waals surface area contributed by atoms with Crippen LogP contribution in [0.4, 0.5) is 11.4 Å². The molecule has 1 N–H and O–H groups in total. The molecule has 30 heavy (non-hydrogen) atoms. The Balaban J connectivity index is 1.97. The minimum Gasteiger partial charge on any atom is -0.452 e. The lowest BCUT2D eigenvalue weighted by Crippen LogP contribution is -2.46. The van der Waals surface area contributed by atoms with Crippen molar-refractivity contribution >= 4 is 29.2 Å². The summed E-state index contributed by atoms with van der Waals surface area (Å²) in [7, 11) is 1.42. The monoisotopic (exact) mass is 420 g/mol. The van der Waals surface area contributed by atoms with Crippen LogP contribution in [-0.2, 0) is 14.3 Å². The van der Waals surface area contributed by atoms with Crippen LogP contribution in [0.2, 0.25) is 0 Å². The summed E-state index contributed by atoms with van der Waals surface area (Å²) in [5.74, 6) is -1.74. The average molecular weight is 420 g/mol. The Morgan fingerprint density at radius 3 is 2.43 bits per heavy atom. The van der Waals surface area contributed by atoms with Gasteiger partial charge in [0, 0.05) is 31.7 Å². The van der Waals surface area contributed by atoms with E-state index in [4.69, 9.17) is 4.74 Å². The van der Waals surface area contributed by atoms with Crippen LogP contribution in [0.5, 0.6) is 0 Å². The first-order valence-electron chi connectivity index (χ1n) is 9.73. The fourth-order valence-electron chi connectivity index (χ4n) is 3.10. The van der Waals surface area contributed by atoms with E-state index in [9.17, 15) is 24.5 Å². The van der Waals surface area contributed by atoms with Crippen LogP contribution in [0.25, 0.3) is 0 Å². The third-order valence-corrected chi connectivity index (χ3v) is 4.50. The minimum absolute atomic E-state index is 0.00873. The van der Waals surface area contributed by atoms with Gasteiger partial charge in [0.1, 0.15) is 5.69 Å². The highest BCUT2D eigenvalue weighted by Gasteiger charge is 2.25. The molecule has 10 heteroatoms. The second kappa shape index (κ2) is 9.55. The minimum atomic E-state index is -0.841. The van der Waals surface area contributed by atoms with Crippen molar-refractivity contribution in [3.8, 4) is 0 Å². The standard InChI is InChI=1S/C20H28N4O6/c1-20(2,3)21-17(25)12-22(4)18(26)13-30-19(27)14-7-8-15(16(11-14)24(28)29)23-9-5-6-10-23/h7-8,11H,5-6,9-10,12-13H2,1-4H3,(H,21,25). The molecular formula is C20H28N4O6. The third kappa shape index (κ3) is 6.43. The van der Waals surface area contributed by atoms with E-state index in [0.29, 0.717) is 5.69 Å². The molecule has 1 aliphatic heterocycles. The second-order valence-electron chi connectivity index (χ2n) is 8.28. The van der Waals surface area contributed by atoms with Crippen LogP contribution in [-0.4, -0.2) is 66.4 Å². The van der Waals surface area contributed by atoms with Crippen molar-refractivity contribution in [2.75, 3.05) is 38.2 Å². The van der Waals surface area contributed by atoms with E-state index in [0.717, 1.165) is 30.8 Å². The lowest BCUT2D eigenvalue weighted by atomic mass is 10.1. The first-order valence-corrected chi connectivity index (χ1v) is 9.73. The van der Waals surface area contributed by atoms with E-state index in [1.165, 1.54) is 25.2 Å². The molecule has 164 valence electrons. The molecule has 0 atom stereocenters. The van der Waals surface area contributed by atoms with E-state index in [-0.39, 0.29) is 23.7 Å². The van der Waals surface area contributed by atoms with Crippen molar-refractivity contribution < 1.29 is 24.0 Å². The number of nitro groups is 1. The van der Waals surface area contributed by atoms with Gasteiger partial charge in [-0.25, -0.2) is 4.79 Å². The molecule has 0 saturated carbocycles. The molecule has 1 aliphatic rings. The Morgan fingerprint density at radius 2 is 1.87 bits per heavy atom. The zero-order valence-corrected chi connectivity index (χ0v) is 17.8. The molecule has 1 aromatic carbocycles. The lowest BCUT2D eigenvalue weighted by Gasteiger charge is -2.23. The summed E-state index contributed by atoms with van der Waals surface area (Å²) in [6, 6.07) is 4.15. The van der Waals surface area contributed by atoms with Gasteiger partial charge in [-0.1, -0.05) is 0 Å². The molecule has 0 radical (unpaired) electrons. The predicted octanol–water partition coefficient (Wildman–Crippen LogP) is 1.72. The van der Waals surface area contributed by atoms with Crippen molar-refractivity contribution in [1.82, 2.24) is 10.2 Å². The van der Waals surface area contributed by atoms with E-state index in [1.807, 2.05) is 25.7 Å². The van der Waals surface area contributed by atoms with Gasteiger partial charge in [0.25, 0.3) is 11.6 Å². The van der Waals surface area contributed by atoms with E-state index in [1.54, 1.807) is 0 Å². The summed E-state index contributed by atoms with van der Waals surface area (Å²) in [6.07, 6.45) is 1.93. The highest BCUT2D eigenvalue weighted by molar-refractivity contribution is 5.93. The van der Waals surface area contributed by atoms with Crippen molar-refractivity contribution in [2.45, 2.75) is 39.2 Å². The molecule has 10 nitrogen and oxygen atoms in total. The van der Waals surface area contributed by atoms with Gasteiger partial charge in [0.05, 0.1) is 17.0 Å². The molecule has 0 unspecified atom stereocenters. The molecule has 2 rings (SSSR count). The van der Waals surface area contributed by atoms with Gasteiger partial charge in [0.15, 0.2) is 6.61 Å². The molecule has 1 saturated heterocycles.